The molecule has 1 N–H and O–H groups in total. The van der Waals surface area contributed by atoms with Gasteiger partial charge in [0, 0.05) is 22.7 Å². The van der Waals surface area contributed by atoms with E-state index in [1.54, 1.807) is 11.3 Å². The number of aromatic nitrogens is 1. The first-order valence-electron chi connectivity index (χ1n) is 7.48. The summed E-state index contributed by atoms with van der Waals surface area (Å²) < 4.78 is 0. The Hall–Kier alpha value is -1.20. The number of amides is 1. The van der Waals surface area contributed by atoms with Gasteiger partial charge >= 0.3 is 0 Å². The maximum Gasteiger partial charge on any atom is 0.220 e. The Bertz CT molecular complexity index is 630. The summed E-state index contributed by atoms with van der Waals surface area (Å²) >= 11 is 3.50. The second-order valence-corrected chi connectivity index (χ2v) is 7.41. The largest absolute Gasteiger partial charge is 0.352 e. The van der Waals surface area contributed by atoms with Crippen molar-refractivity contribution in [3.8, 4) is 0 Å². The number of hydrogen-bond acceptors (Lipinski definition) is 4. The van der Waals surface area contributed by atoms with Crippen molar-refractivity contribution in [3.63, 3.8) is 0 Å². The molecule has 0 saturated heterocycles. The van der Waals surface area contributed by atoms with E-state index in [-0.39, 0.29) is 5.91 Å². The Kier molecular flexibility index (Phi) is 4.70. The highest BCUT2D eigenvalue weighted by Gasteiger charge is 2.15. The number of fused-ring (bicyclic) bond motifs is 1. The summed E-state index contributed by atoms with van der Waals surface area (Å²) in [6, 6.07) is 0. The van der Waals surface area contributed by atoms with E-state index in [0.29, 0.717) is 13.0 Å². The van der Waals surface area contributed by atoms with E-state index in [1.807, 2.05) is 23.8 Å². The molecule has 3 rings (SSSR count). The zero-order valence-corrected chi connectivity index (χ0v) is 13.9. The maximum absolute atomic E-state index is 12.0. The van der Waals surface area contributed by atoms with Crippen molar-refractivity contribution in [2.75, 3.05) is 0 Å². The summed E-state index contributed by atoms with van der Waals surface area (Å²) in [7, 11) is 0. The van der Waals surface area contributed by atoms with Gasteiger partial charge in [0.15, 0.2) is 0 Å². The number of thiazole rings is 1. The fourth-order valence-corrected chi connectivity index (χ4v) is 4.71. The molecular formula is C16H20N2OS2. The molecule has 0 fully saturated rings. The molecule has 5 heteroatoms. The maximum atomic E-state index is 12.0. The minimum absolute atomic E-state index is 0.138. The van der Waals surface area contributed by atoms with Crippen molar-refractivity contribution in [2.45, 2.75) is 52.0 Å². The Morgan fingerprint density at radius 3 is 3.00 bits per heavy atom. The van der Waals surface area contributed by atoms with Crippen molar-refractivity contribution in [1.82, 2.24) is 10.3 Å². The normalized spacial score (nSPS) is 14.0. The zero-order chi connectivity index (χ0) is 14.7. The van der Waals surface area contributed by atoms with E-state index in [2.05, 4.69) is 15.7 Å². The summed E-state index contributed by atoms with van der Waals surface area (Å²) in [6.07, 6.45) is 6.35. The average molecular weight is 320 g/mol. The standard InChI is InChI=1S/C16H20N2OS2/c1-11-14(21-10-18-11)6-7-16(19)17-8-12-9-20-15-5-3-2-4-13(12)15/h9-10H,2-8H2,1H3,(H,17,19). The van der Waals surface area contributed by atoms with Gasteiger partial charge in [0.05, 0.1) is 11.2 Å². The molecule has 0 radical (unpaired) electrons. The van der Waals surface area contributed by atoms with Crippen LogP contribution in [0.2, 0.25) is 0 Å². The van der Waals surface area contributed by atoms with Gasteiger partial charge in [0.2, 0.25) is 5.91 Å². The Morgan fingerprint density at radius 2 is 2.19 bits per heavy atom. The molecule has 0 spiro atoms. The molecule has 1 aliphatic rings. The number of hydrogen-bond donors (Lipinski definition) is 1. The lowest BCUT2D eigenvalue weighted by atomic mass is 9.96. The summed E-state index contributed by atoms with van der Waals surface area (Å²) in [5.74, 6) is 0.138. The van der Waals surface area contributed by atoms with Gasteiger partial charge in [-0.25, -0.2) is 4.98 Å². The van der Waals surface area contributed by atoms with Crippen molar-refractivity contribution >= 4 is 28.6 Å². The highest BCUT2D eigenvalue weighted by molar-refractivity contribution is 7.10. The lowest BCUT2D eigenvalue weighted by Crippen LogP contribution is -2.23. The van der Waals surface area contributed by atoms with Crippen molar-refractivity contribution in [1.29, 1.82) is 0 Å². The van der Waals surface area contributed by atoms with Crippen LogP contribution < -0.4 is 5.32 Å². The van der Waals surface area contributed by atoms with Crippen molar-refractivity contribution < 1.29 is 4.79 Å². The summed E-state index contributed by atoms with van der Waals surface area (Å²) in [5, 5.41) is 5.29. The van der Waals surface area contributed by atoms with Crippen LogP contribution in [0.15, 0.2) is 10.9 Å². The smallest absolute Gasteiger partial charge is 0.220 e. The second kappa shape index (κ2) is 6.71. The van der Waals surface area contributed by atoms with E-state index in [1.165, 1.54) is 46.6 Å². The van der Waals surface area contributed by atoms with Crippen molar-refractivity contribution in [3.05, 3.63) is 37.5 Å². The topological polar surface area (TPSA) is 42.0 Å². The molecule has 0 bridgehead atoms. The number of carbonyl (C=O) groups is 1. The first kappa shape index (κ1) is 14.7. The van der Waals surface area contributed by atoms with Crippen LogP contribution in [0, 0.1) is 6.92 Å². The number of aryl methyl sites for hydroxylation is 3. The molecule has 0 aromatic carbocycles. The molecule has 21 heavy (non-hydrogen) atoms. The molecule has 1 amide bonds. The number of rotatable bonds is 5. The number of nitrogens with one attached hydrogen (secondary N) is 1. The minimum atomic E-state index is 0.138. The van der Waals surface area contributed by atoms with Crippen LogP contribution in [0.5, 0.6) is 0 Å². The summed E-state index contributed by atoms with van der Waals surface area (Å²) in [5.41, 5.74) is 5.74. The molecule has 0 atom stereocenters. The van der Waals surface area contributed by atoms with Crippen LogP contribution in [0.4, 0.5) is 0 Å². The number of nitrogens with zero attached hydrogens (tertiary/aromatic N) is 1. The van der Waals surface area contributed by atoms with E-state index in [4.69, 9.17) is 0 Å². The third kappa shape index (κ3) is 3.52. The van der Waals surface area contributed by atoms with E-state index < -0.39 is 0 Å². The number of thiophene rings is 1. The molecule has 3 nitrogen and oxygen atoms in total. The molecule has 2 heterocycles. The van der Waals surface area contributed by atoms with Gasteiger partial charge in [-0.3, -0.25) is 4.79 Å². The molecule has 2 aromatic rings. The Balaban J connectivity index is 1.50. The third-order valence-electron chi connectivity index (χ3n) is 4.05. The average Bonchev–Trinajstić information content (AvgIpc) is 3.09. The highest BCUT2D eigenvalue weighted by atomic mass is 32.1. The van der Waals surface area contributed by atoms with Gasteiger partial charge < -0.3 is 5.32 Å². The van der Waals surface area contributed by atoms with Crippen LogP contribution >= 0.6 is 22.7 Å². The molecule has 112 valence electrons. The van der Waals surface area contributed by atoms with Crippen LogP contribution in [0.1, 0.15) is 45.8 Å². The van der Waals surface area contributed by atoms with Gasteiger partial charge in [0.1, 0.15) is 0 Å². The van der Waals surface area contributed by atoms with Crippen LogP contribution in [-0.2, 0) is 30.6 Å². The Morgan fingerprint density at radius 1 is 1.33 bits per heavy atom. The third-order valence-corrected chi connectivity index (χ3v) is 6.18. The molecule has 0 aliphatic heterocycles. The van der Waals surface area contributed by atoms with Crippen LogP contribution in [0.25, 0.3) is 0 Å². The number of carbonyl (C=O) groups excluding carboxylic acids is 1. The SMILES string of the molecule is Cc1ncsc1CCC(=O)NCc1csc2c1CCCC2. The molecule has 1 aliphatic carbocycles. The fourth-order valence-electron chi connectivity index (χ4n) is 2.78. The van der Waals surface area contributed by atoms with E-state index >= 15 is 0 Å². The predicted molar refractivity (Wildman–Crippen MR) is 88.0 cm³/mol. The predicted octanol–water partition coefficient (Wildman–Crippen LogP) is 3.64. The van der Waals surface area contributed by atoms with Gasteiger partial charge in [-0.2, -0.15) is 0 Å². The molecule has 2 aromatic heterocycles. The van der Waals surface area contributed by atoms with Crippen LogP contribution in [-0.4, -0.2) is 10.9 Å². The van der Waals surface area contributed by atoms with Gasteiger partial charge in [-0.15, -0.1) is 22.7 Å². The molecule has 0 saturated carbocycles. The lowest BCUT2D eigenvalue weighted by Gasteiger charge is -2.13. The zero-order valence-electron chi connectivity index (χ0n) is 12.3. The van der Waals surface area contributed by atoms with Gasteiger partial charge in [-0.05, 0) is 55.5 Å². The van der Waals surface area contributed by atoms with Gasteiger partial charge in [-0.1, -0.05) is 0 Å². The lowest BCUT2D eigenvalue weighted by molar-refractivity contribution is -0.121. The first-order chi connectivity index (χ1) is 10.2. The minimum Gasteiger partial charge on any atom is -0.352 e. The monoisotopic (exact) mass is 320 g/mol. The fraction of sp³-hybridized carbons (Fsp3) is 0.500. The van der Waals surface area contributed by atoms with Gasteiger partial charge in [0.25, 0.3) is 0 Å². The quantitative estimate of drug-likeness (QED) is 0.914. The van der Waals surface area contributed by atoms with E-state index in [0.717, 1.165) is 12.1 Å². The summed E-state index contributed by atoms with van der Waals surface area (Å²) in [6.45, 7) is 2.69. The van der Waals surface area contributed by atoms with Crippen molar-refractivity contribution in [2.24, 2.45) is 0 Å². The molecular weight excluding hydrogens is 300 g/mol. The second-order valence-electron chi connectivity index (χ2n) is 5.51. The Labute approximate surface area is 133 Å². The van der Waals surface area contributed by atoms with E-state index in [9.17, 15) is 4.79 Å². The molecule has 0 unspecified atom stereocenters. The first-order valence-corrected chi connectivity index (χ1v) is 9.23. The summed E-state index contributed by atoms with van der Waals surface area (Å²) in [4.78, 5) is 19.0. The highest BCUT2D eigenvalue weighted by Crippen LogP contribution is 2.30. The van der Waals surface area contributed by atoms with Crippen LogP contribution in [0.3, 0.4) is 0 Å².